The zero-order chi connectivity index (χ0) is 26.3. The second-order valence-corrected chi connectivity index (χ2v) is 10.6. The Kier molecular flexibility index (Phi) is 9.08. The van der Waals surface area contributed by atoms with Crippen molar-refractivity contribution in [3.05, 3.63) is 76.5 Å². The van der Waals surface area contributed by atoms with Crippen LogP contribution in [0.25, 0.3) is 5.69 Å². The molecule has 0 aliphatic heterocycles. The van der Waals surface area contributed by atoms with Gasteiger partial charge in [0.25, 0.3) is 5.91 Å². The molecule has 0 saturated heterocycles. The SMILES string of the molecule is CCCCCCc1ccc(C(=O)NCC(=O)Nc2cc(C(C)(C)C)nn2-c2ccc(C)cc2C)cc1. The van der Waals surface area contributed by atoms with E-state index in [4.69, 9.17) is 5.10 Å². The van der Waals surface area contributed by atoms with Gasteiger partial charge in [-0.2, -0.15) is 5.10 Å². The van der Waals surface area contributed by atoms with Crippen molar-refractivity contribution in [2.24, 2.45) is 0 Å². The zero-order valence-corrected chi connectivity index (χ0v) is 22.6. The van der Waals surface area contributed by atoms with Crippen molar-refractivity contribution in [2.75, 3.05) is 11.9 Å². The molecule has 3 aromatic rings. The van der Waals surface area contributed by atoms with Crippen molar-refractivity contribution in [3.63, 3.8) is 0 Å². The van der Waals surface area contributed by atoms with Gasteiger partial charge in [-0.1, -0.05) is 76.8 Å². The molecule has 0 spiro atoms. The third-order valence-corrected chi connectivity index (χ3v) is 6.27. The lowest BCUT2D eigenvalue weighted by Gasteiger charge is -2.14. The summed E-state index contributed by atoms with van der Waals surface area (Å²) in [5, 5.41) is 10.5. The van der Waals surface area contributed by atoms with Crippen LogP contribution in [0.15, 0.2) is 48.5 Å². The second kappa shape index (κ2) is 12.0. The van der Waals surface area contributed by atoms with E-state index in [0.29, 0.717) is 11.4 Å². The standard InChI is InChI=1S/C30H40N4O2/c1-7-8-9-10-11-23-13-15-24(16-14-23)29(36)31-20-28(35)32-27-19-26(30(4,5)6)33-34(27)25-17-12-21(2)18-22(25)3/h12-19H,7-11,20H2,1-6H3,(H,31,36)(H,32,35). The molecule has 1 heterocycles. The van der Waals surface area contributed by atoms with E-state index >= 15 is 0 Å². The van der Waals surface area contributed by atoms with E-state index in [1.54, 1.807) is 4.68 Å². The summed E-state index contributed by atoms with van der Waals surface area (Å²) in [6.07, 6.45) is 5.89. The number of amides is 2. The molecule has 2 amide bonds. The Morgan fingerprint density at radius 2 is 1.67 bits per heavy atom. The van der Waals surface area contributed by atoms with Crippen molar-refractivity contribution < 1.29 is 9.59 Å². The lowest BCUT2D eigenvalue weighted by Crippen LogP contribution is -2.33. The highest BCUT2D eigenvalue weighted by atomic mass is 16.2. The van der Waals surface area contributed by atoms with Gasteiger partial charge in [-0.25, -0.2) is 4.68 Å². The van der Waals surface area contributed by atoms with Crippen molar-refractivity contribution in [1.82, 2.24) is 15.1 Å². The lowest BCUT2D eigenvalue weighted by molar-refractivity contribution is -0.115. The Morgan fingerprint density at radius 3 is 2.31 bits per heavy atom. The molecule has 192 valence electrons. The van der Waals surface area contributed by atoms with E-state index in [2.05, 4.69) is 44.4 Å². The van der Waals surface area contributed by atoms with Gasteiger partial charge < -0.3 is 10.6 Å². The fraction of sp³-hybridized carbons (Fsp3) is 0.433. The highest BCUT2D eigenvalue weighted by molar-refractivity contribution is 5.99. The van der Waals surface area contributed by atoms with E-state index in [9.17, 15) is 9.59 Å². The Labute approximate surface area is 215 Å². The van der Waals surface area contributed by atoms with Gasteiger partial charge >= 0.3 is 0 Å². The minimum Gasteiger partial charge on any atom is -0.343 e. The minimum absolute atomic E-state index is 0.124. The maximum absolute atomic E-state index is 12.8. The third kappa shape index (κ3) is 7.30. The van der Waals surface area contributed by atoms with Crippen LogP contribution in [0.2, 0.25) is 0 Å². The summed E-state index contributed by atoms with van der Waals surface area (Å²) >= 11 is 0. The lowest BCUT2D eigenvalue weighted by atomic mass is 9.92. The average molecular weight is 489 g/mol. The van der Waals surface area contributed by atoms with Crippen LogP contribution in [-0.2, 0) is 16.6 Å². The highest BCUT2D eigenvalue weighted by Crippen LogP contribution is 2.27. The summed E-state index contributed by atoms with van der Waals surface area (Å²) < 4.78 is 1.77. The number of carbonyl (C=O) groups is 2. The summed E-state index contributed by atoms with van der Waals surface area (Å²) in [7, 11) is 0. The predicted molar refractivity (Wildman–Crippen MR) is 147 cm³/mol. The molecule has 0 aliphatic carbocycles. The van der Waals surface area contributed by atoms with Crippen LogP contribution in [0.1, 0.15) is 86.1 Å². The molecule has 2 aromatic carbocycles. The zero-order valence-electron chi connectivity index (χ0n) is 22.6. The molecule has 0 fully saturated rings. The number of aryl methyl sites for hydroxylation is 3. The molecule has 0 radical (unpaired) electrons. The smallest absolute Gasteiger partial charge is 0.251 e. The van der Waals surface area contributed by atoms with Gasteiger partial charge in [-0.15, -0.1) is 0 Å². The minimum atomic E-state index is -0.303. The molecule has 6 heteroatoms. The Balaban J connectivity index is 1.65. The quantitative estimate of drug-likeness (QED) is 0.330. The van der Waals surface area contributed by atoms with Gasteiger partial charge in [0, 0.05) is 17.0 Å². The molecule has 3 rings (SSSR count). The van der Waals surface area contributed by atoms with Crippen LogP contribution >= 0.6 is 0 Å². The van der Waals surface area contributed by atoms with Crippen molar-refractivity contribution in [3.8, 4) is 5.69 Å². The summed E-state index contributed by atoms with van der Waals surface area (Å²) in [4.78, 5) is 25.4. The summed E-state index contributed by atoms with van der Waals surface area (Å²) in [6, 6.07) is 15.7. The topological polar surface area (TPSA) is 76.0 Å². The molecular weight excluding hydrogens is 448 g/mol. The Morgan fingerprint density at radius 1 is 0.944 bits per heavy atom. The van der Waals surface area contributed by atoms with Crippen LogP contribution in [0.4, 0.5) is 5.82 Å². The highest BCUT2D eigenvalue weighted by Gasteiger charge is 2.22. The first kappa shape index (κ1) is 27.2. The molecule has 6 nitrogen and oxygen atoms in total. The number of hydrogen-bond donors (Lipinski definition) is 2. The fourth-order valence-corrected chi connectivity index (χ4v) is 4.09. The van der Waals surface area contributed by atoms with Crippen LogP contribution in [0.5, 0.6) is 0 Å². The number of nitrogens with zero attached hydrogens (tertiary/aromatic N) is 2. The molecule has 36 heavy (non-hydrogen) atoms. The number of carbonyl (C=O) groups excluding carboxylic acids is 2. The van der Waals surface area contributed by atoms with Crippen LogP contribution in [-0.4, -0.2) is 28.1 Å². The first-order valence-electron chi connectivity index (χ1n) is 12.9. The number of benzene rings is 2. The third-order valence-electron chi connectivity index (χ3n) is 6.27. The van der Waals surface area contributed by atoms with Crippen molar-refractivity contribution >= 4 is 17.6 Å². The molecule has 0 aliphatic rings. The maximum atomic E-state index is 12.8. The second-order valence-electron chi connectivity index (χ2n) is 10.6. The van der Waals surface area contributed by atoms with Crippen LogP contribution in [0.3, 0.4) is 0 Å². The molecule has 0 atom stereocenters. The molecule has 2 N–H and O–H groups in total. The van der Waals surface area contributed by atoms with E-state index in [1.807, 2.05) is 56.3 Å². The molecule has 1 aromatic heterocycles. The van der Waals surface area contributed by atoms with Gasteiger partial charge in [0.15, 0.2) is 0 Å². The van der Waals surface area contributed by atoms with E-state index in [0.717, 1.165) is 35.3 Å². The summed E-state index contributed by atoms with van der Waals surface area (Å²) in [6.45, 7) is 12.4. The van der Waals surface area contributed by atoms with Gasteiger partial charge in [0.2, 0.25) is 5.91 Å². The summed E-state index contributed by atoms with van der Waals surface area (Å²) in [5.41, 5.74) is 5.61. The average Bonchev–Trinajstić information content (AvgIpc) is 3.24. The fourth-order valence-electron chi connectivity index (χ4n) is 4.09. The maximum Gasteiger partial charge on any atom is 0.251 e. The van der Waals surface area contributed by atoms with E-state index in [-0.39, 0.29) is 23.8 Å². The number of nitrogens with one attached hydrogen (secondary N) is 2. The normalized spacial score (nSPS) is 11.4. The van der Waals surface area contributed by atoms with Crippen molar-refractivity contribution in [1.29, 1.82) is 0 Å². The first-order chi connectivity index (χ1) is 17.1. The van der Waals surface area contributed by atoms with Crippen molar-refractivity contribution in [2.45, 2.75) is 79.1 Å². The Bertz CT molecular complexity index is 1190. The largest absolute Gasteiger partial charge is 0.343 e. The molecular formula is C30H40N4O2. The Hall–Kier alpha value is -3.41. The molecule has 0 unspecified atom stereocenters. The monoisotopic (exact) mass is 488 g/mol. The number of aromatic nitrogens is 2. The predicted octanol–water partition coefficient (Wildman–Crippen LogP) is 6.28. The number of unbranched alkanes of at least 4 members (excludes halogenated alkanes) is 3. The molecule has 0 bridgehead atoms. The van der Waals surface area contributed by atoms with Gasteiger partial charge in [0.1, 0.15) is 5.82 Å². The summed E-state index contributed by atoms with van der Waals surface area (Å²) in [5.74, 6) is 0.0155. The van der Waals surface area contributed by atoms with Gasteiger partial charge in [0.05, 0.1) is 17.9 Å². The van der Waals surface area contributed by atoms with Gasteiger partial charge in [-0.05, 0) is 56.0 Å². The number of anilines is 1. The first-order valence-corrected chi connectivity index (χ1v) is 12.9. The van der Waals surface area contributed by atoms with Crippen LogP contribution in [0, 0.1) is 13.8 Å². The number of hydrogen-bond acceptors (Lipinski definition) is 3. The van der Waals surface area contributed by atoms with E-state index < -0.39 is 0 Å². The van der Waals surface area contributed by atoms with E-state index in [1.165, 1.54) is 24.8 Å². The van der Waals surface area contributed by atoms with Crippen LogP contribution < -0.4 is 10.6 Å². The molecule has 0 saturated carbocycles. The number of rotatable bonds is 10. The van der Waals surface area contributed by atoms with Gasteiger partial charge in [-0.3, -0.25) is 9.59 Å².